The van der Waals surface area contributed by atoms with Crippen LogP contribution in [-0.4, -0.2) is 9.97 Å². The predicted octanol–water partition coefficient (Wildman–Crippen LogP) is 7.40. The van der Waals surface area contributed by atoms with Gasteiger partial charge in [-0.25, -0.2) is 4.98 Å². The first-order valence-electron chi connectivity index (χ1n) is 8.77. The molecule has 4 heteroatoms. The molecular formula is C23H13ClN2S. The Hall–Kier alpha value is -2.88. The predicted molar refractivity (Wildman–Crippen MR) is 117 cm³/mol. The molecule has 0 unspecified atom stereocenters. The first-order valence-corrected chi connectivity index (χ1v) is 9.96. The minimum Gasteiger partial charge on any atom is -0.353 e. The van der Waals surface area contributed by atoms with Crippen molar-refractivity contribution in [1.29, 1.82) is 0 Å². The zero-order valence-corrected chi connectivity index (χ0v) is 15.7. The van der Waals surface area contributed by atoms with Crippen molar-refractivity contribution in [2.75, 3.05) is 0 Å². The van der Waals surface area contributed by atoms with E-state index in [4.69, 9.17) is 16.6 Å². The number of para-hydroxylation sites is 1. The highest BCUT2D eigenvalue weighted by Crippen LogP contribution is 2.45. The average Bonchev–Trinajstić information content (AvgIpc) is 3.24. The van der Waals surface area contributed by atoms with Gasteiger partial charge in [0.2, 0.25) is 0 Å². The van der Waals surface area contributed by atoms with Crippen molar-refractivity contribution in [2.24, 2.45) is 0 Å². The standard InChI is InChI=1S/C23H13ClN2S/c24-14-10-11-16-18(12-14)26-21-19-20(13-6-2-1-3-7-13)25-17-9-5-4-8-15(17)22(19)27-23(16)21/h1-12,26H. The molecule has 0 saturated heterocycles. The molecule has 0 aliphatic rings. The number of hydrogen-bond acceptors (Lipinski definition) is 2. The van der Waals surface area contributed by atoms with E-state index in [0.29, 0.717) is 0 Å². The van der Waals surface area contributed by atoms with Crippen molar-refractivity contribution in [3.05, 3.63) is 77.8 Å². The quantitative estimate of drug-likeness (QED) is 0.314. The molecule has 128 valence electrons. The number of fused-ring (bicyclic) bond motifs is 7. The van der Waals surface area contributed by atoms with Gasteiger partial charge in [0.1, 0.15) is 0 Å². The van der Waals surface area contributed by atoms with Crippen LogP contribution in [-0.2, 0) is 0 Å². The third-order valence-corrected chi connectivity index (χ3v) is 6.55. The molecule has 0 aliphatic carbocycles. The number of rotatable bonds is 1. The lowest BCUT2D eigenvalue weighted by atomic mass is 10.0. The fraction of sp³-hybridized carbons (Fsp3) is 0. The lowest BCUT2D eigenvalue weighted by molar-refractivity contribution is 1.43. The second-order valence-electron chi connectivity index (χ2n) is 6.67. The van der Waals surface area contributed by atoms with Crippen LogP contribution in [0.25, 0.3) is 53.4 Å². The Balaban J connectivity index is 1.87. The van der Waals surface area contributed by atoms with E-state index in [1.165, 1.54) is 25.6 Å². The molecule has 0 aliphatic heterocycles. The maximum Gasteiger partial charge on any atom is 0.0817 e. The first kappa shape index (κ1) is 15.2. The molecule has 0 bridgehead atoms. The zero-order valence-electron chi connectivity index (χ0n) is 14.2. The second-order valence-corrected chi connectivity index (χ2v) is 8.13. The minimum atomic E-state index is 0.743. The summed E-state index contributed by atoms with van der Waals surface area (Å²) in [6.45, 7) is 0. The molecule has 3 aromatic carbocycles. The maximum absolute atomic E-state index is 6.21. The van der Waals surface area contributed by atoms with E-state index in [2.05, 4.69) is 53.5 Å². The van der Waals surface area contributed by atoms with Crippen LogP contribution in [0.5, 0.6) is 0 Å². The summed E-state index contributed by atoms with van der Waals surface area (Å²) >= 11 is 8.04. The van der Waals surface area contributed by atoms with Gasteiger partial charge in [-0.3, -0.25) is 0 Å². The zero-order chi connectivity index (χ0) is 18.0. The van der Waals surface area contributed by atoms with Gasteiger partial charge in [0, 0.05) is 37.0 Å². The average molecular weight is 385 g/mol. The Morgan fingerprint density at radius 2 is 1.63 bits per heavy atom. The van der Waals surface area contributed by atoms with Crippen molar-refractivity contribution >= 4 is 65.0 Å². The lowest BCUT2D eigenvalue weighted by Gasteiger charge is -2.07. The highest BCUT2D eigenvalue weighted by Gasteiger charge is 2.19. The molecule has 2 nitrogen and oxygen atoms in total. The van der Waals surface area contributed by atoms with E-state index >= 15 is 0 Å². The fourth-order valence-corrected chi connectivity index (χ4v) is 5.36. The van der Waals surface area contributed by atoms with Gasteiger partial charge in [-0.15, -0.1) is 11.3 Å². The van der Waals surface area contributed by atoms with Crippen LogP contribution in [0.2, 0.25) is 5.02 Å². The van der Waals surface area contributed by atoms with E-state index in [-0.39, 0.29) is 0 Å². The summed E-state index contributed by atoms with van der Waals surface area (Å²) in [4.78, 5) is 8.65. The highest BCUT2D eigenvalue weighted by atomic mass is 35.5. The molecule has 0 amide bonds. The van der Waals surface area contributed by atoms with E-state index in [0.717, 1.165) is 32.8 Å². The van der Waals surface area contributed by atoms with Crippen molar-refractivity contribution < 1.29 is 0 Å². The van der Waals surface area contributed by atoms with Crippen LogP contribution < -0.4 is 0 Å². The van der Waals surface area contributed by atoms with Gasteiger partial charge in [-0.1, -0.05) is 60.1 Å². The number of hydrogen-bond donors (Lipinski definition) is 1. The fourth-order valence-electron chi connectivity index (χ4n) is 3.85. The maximum atomic E-state index is 6.21. The summed E-state index contributed by atoms with van der Waals surface area (Å²) in [5, 5.41) is 4.34. The Labute approximate surface area is 164 Å². The third-order valence-electron chi connectivity index (χ3n) is 5.06. The number of H-pyrrole nitrogens is 1. The van der Waals surface area contributed by atoms with Crippen LogP contribution in [0.1, 0.15) is 0 Å². The van der Waals surface area contributed by atoms with E-state index in [1.807, 2.05) is 35.6 Å². The smallest absolute Gasteiger partial charge is 0.0817 e. The summed E-state index contributed by atoms with van der Waals surface area (Å²) < 4.78 is 2.53. The number of aromatic amines is 1. The molecular weight excluding hydrogens is 372 g/mol. The van der Waals surface area contributed by atoms with Crippen LogP contribution in [0, 0.1) is 0 Å². The Morgan fingerprint density at radius 1 is 0.815 bits per heavy atom. The second kappa shape index (κ2) is 5.56. The van der Waals surface area contributed by atoms with Crippen LogP contribution in [0.15, 0.2) is 72.8 Å². The largest absolute Gasteiger partial charge is 0.353 e. The Kier molecular flexibility index (Phi) is 3.13. The molecule has 0 spiro atoms. The van der Waals surface area contributed by atoms with Crippen LogP contribution in [0.3, 0.4) is 0 Å². The Morgan fingerprint density at radius 3 is 2.52 bits per heavy atom. The summed E-state index contributed by atoms with van der Waals surface area (Å²) in [5.41, 5.74) is 5.39. The van der Waals surface area contributed by atoms with Gasteiger partial charge in [0.15, 0.2) is 0 Å². The summed E-state index contributed by atoms with van der Waals surface area (Å²) in [6.07, 6.45) is 0. The van der Waals surface area contributed by atoms with Crippen molar-refractivity contribution in [3.63, 3.8) is 0 Å². The van der Waals surface area contributed by atoms with Gasteiger partial charge in [-0.2, -0.15) is 0 Å². The van der Waals surface area contributed by atoms with Crippen LogP contribution in [0.4, 0.5) is 0 Å². The number of pyridine rings is 1. The van der Waals surface area contributed by atoms with Gasteiger partial charge >= 0.3 is 0 Å². The number of aromatic nitrogens is 2. The molecule has 3 heterocycles. The molecule has 3 aromatic heterocycles. The number of thiophene rings is 1. The molecule has 0 saturated carbocycles. The van der Waals surface area contributed by atoms with Gasteiger partial charge < -0.3 is 4.98 Å². The molecule has 1 N–H and O–H groups in total. The van der Waals surface area contributed by atoms with Gasteiger partial charge in [0.25, 0.3) is 0 Å². The molecule has 0 atom stereocenters. The topological polar surface area (TPSA) is 28.7 Å². The lowest BCUT2D eigenvalue weighted by Crippen LogP contribution is -1.87. The minimum absolute atomic E-state index is 0.743. The van der Waals surface area contributed by atoms with E-state index in [9.17, 15) is 0 Å². The van der Waals surface area contributed by atoms with Gasteiger partial charge in [-0.05, 0) is 24.3 Å². The van der Waals surface area contributed by atoms with Crippen LogP contribution >= 0.6 is 22.9 Å². The van der Waals surface area contributed by atoms with E-state index in [1.54, 1.807) is 0 Å². The summed E-state index contributed by atoms with van der Waals surface area (Å²) in [5.74, 6) is 0. The van der Waals surface area contributed by atoms with Gasteiger partial charge in [0.05, 0.1) is 21.4 Å². The number of halogens is 1. The summed E-state index contributed by atoms with van der Waals surface area (Å²) in [7, 11) is 0. The first-order chi connectivity index (χ1) is 13.3. The molecule has 6 rings (SSSR count). The van der Waals surface area contributed by atoms with Crippen molar-refractivity contribution in [1.82, 2.24) is 9.97 Å². The van der Waals surface area contributed by atoms with E-state index < -0.39 is 0 Å². The molecule has 27 heavy (non-hydrogen) atoms. The molecule has 0 fully saturated rings. The molecule has 0 radical (unpaired) electrons. The molecule has 6 aromatic rings. The SMILES string of the molecule is Clc1ccc2c(c1)[nH]c1c2sc2c3ccccc3nc(-c3ccccc3)c12. The Bertz CT molecular complexity index is 1480. The number of benzene rings is 3. The number of nitrogens with zero attached hydrogens (tertiary/aromatic N) is 1. The van der Waals surface area contributed by atoms with Crippen molar-refractivity contribution in [3.8, 4) is 11.3 Å². The number of nitrogens with one attached hydrogen (secondary N) is 1. The highest BCUT2D eigenvalue weighted by molar-refractivity contribution is 7.27. The normalized spacial score (nSPS) is 11.9. The van der Waals surface area contributed by atoms with Crippen molar-refractivity contribution in [2.45, 2.75) is 0 Å². The third kappa shape index (κ3) is 2.16. The summed E-state index contributed by atoms with van der Waals surface area (Å²) in [6, 6.07) is 24.8. The monoisotopic (exact) mass is 384 g/mol.